The van der Waals surface area contributed by atoms with Gasteiger partial charge in [-0.15, -0.1) is 0 Å². The van der Waals surface area contributed by atoms with Crippen LogP contribution in [0, 0.1) is 0 Å². The molecule has 0 aromatic heterocycles. The van der Waals surface area contributed by atoms with E-state index in [2.05, 4.69) is 0 Å². The van der Waals surface area contributed by atoms with Gasteiger partial charge in [0.1, 0.15) is 110 Å². The Kier molecular flexibility index (Phi) is 17.1. The molecule has 0 bridgehead atoms. The van der Waals surface area contributed by atoms with Crippen molar-refractivity contribution >= 4 is 0 Å². The molecule has 0 aliphatic carbocycles. The first-order valence-electron chi connectivity index (χ1n) is 17.3. The second-order valence-corrected chi connectivity index (χ2v) is 13.5. The highest BCUT2D eigenvalue weighted by molar-refractivity contribution is 4.98. The van der Waals surface area contributed by atoms with E-state index in [0.29, 0.717) is 0 Å². The van der Waals surface area contributed by atoms with Crippen molar-refractivity contribution < 1.29 is 120 Å². The van der Waals surface area contributed by atoms with E-state index in [0.717, 1.165) is 0 Å². The molecular formula is C30H54O24. The van der Waals surface area contributed by atoms with E-state index >= 15 is 0 Å². The molecule has 23 unspecified atom stereocenters. The average Bonchev–Trinajstić information content (AvgIpc) is 3.17. The molecule has 4 fully saturated rings. The maximum absolute atomic E-state index is 11.2. The van der Waals surface area contributed by atoms with Crippen LogP contribution >= 0.6 is 0 Å². The van der Waals surface area contributed by atoms with Gasteiger partial charge in [-0.2, -0.15) is 0 Å². The van der Waals surface area contributed by atoms with E-state index in [-0.39, 0.29) is 6.42 Å². The molecule has 0 amide bonds. The standard InChI is InChI=1S/C30H54O24/c1-2-8(35)14(37)9(36)7-47-23-13(6-34)48-27(46)26(54-29-22(45)19(42)16(39)11(4-32)50-29)25(23)53-30-24(20(43)17(40)12(5-33)51-30)52-28-21(44)18(41)15(38)10(3-31)49-28/h8-46H,2-7H2,1H3. The van der Waals surface area contributed by atoms with Crippen molar-refractivity contribution in [2.45, 2.75) is 154 Å². The van der Waals surface area contributed by atoms with Crippen molar-refractivity contribution in [3.05, 3.63) is 0 Å². The number of aliphatic hydroxyl groups is 16. The zero-order valence-electron chi connectivity index (χ0n) is 28.9. The van der Waals surface area contributed by atoms with Crippen molar-refractivity contribution in [2.75, 3.05) is 33.0 Å². The summed E-state index contributed by atoms with van der Waals surface area (Å²) in [5, 5.41) is 166. The third kappa shape index (κ3) is 9.83. The molecule has 54 heavy (non-hydrogen) atoms. The third-order valence-electron chi connectivity index (χ3n) is 9.85. The van der Waals surface area contributed by atoms with Gasteiger partial charge in [-0.1, -0.05) is 6.92 Å². The topological polar surface area (TPSA) is 398 Å². The predicted octanol–water partition coefficient (Wildman–Crippen LogP) is -10.2. The van der Waals surface area contributed by atoms with Crippen LogP contribution in [0.25, 0.3) is 0 Å². The minimum atomic E-state index is -2.16. The molecule has 318 valence electrons. The molecule has 4 aliphatic rings. The van der Waals surface area contributed by atoms with Crippen LogP contribution in [-0.2, 0) is 37.9 Å². The lowest BCUT2D eigenvalue weighted by molar-refractivity contribution is -0.404. The molecule has 0 aromatic rings. The Morgan fingerprint density at radius 3 is 1.33 bits per heavy atom. The Hall–Kier alpha value is -0.960. The maximum Gasteiger partial charge on any atom is 0.187 e. The summed E-state index contributed by atoms with van der Waals surface area (Å²) in [7, 11) is 0. The largest absolute Gasteiger partial charge is 0.394 e. The van der Waals surface area contributed by atoms with Crippen molar-refractivity contribution in [3.63, 3.8) is 0 Å². The van der Waals surface area contributed by atoms with E-state index in [1.807, 2.05) is 0 Å². The summed E-state index contributed by atoms with van der Waals surface area (Å²) in [5.74, 6) is 0. The van der Waals surface area contributed by atoms with Gasteiger partial charge in [-0.25, -0.2) is 0 Å². The third-order valence-corrected chi connectivity index (χ3v) is 9.85. The van der Waals surface area contributed by atoms with Crippen LogP contribution in [0.15, 0.2) is 0 Å². The Labute approximate surface area is 307 Å². The van der Waals surface area contributed by atoms with Crippen LogP contribution in [0.4, 0.5) is 0 Å². The average molecular weight is 799 g/mol. The first-order valence-corrected chi connectivity index (χ1v) is 17.3. The molecule has 0 spiro atoms. The maximum atomic E-state index is 11.2. The van der Waals surface area contributed by atoms with Crippen molar-refractivity contribution in [1.29, 1.82) is 0 Å². The first kappa shape index (κ1) is 45.7. The molecule has 4 saturated heterocycles. The molecule has 24 nitrogen and oxygen atoms in total. The molecule has 0 saturated carbocycles. The van der Waals surface area contributed by atoms with E-state index in [4.69, 9.17) is 37.9 Å². The highest BCUT2D eigenvalue weighted by atomic mass is 16.8. The molecular weight excluding hydrogens is 744 g/mol. The lowest BCUT2D eigenvalue weighted by Gasteiger charge is -2.50. The van der Waals surface area contributed by atoms with Gasteiger partial charge in [0.05, 0.1) is 39.1 Å². The summed E-state index contributed by atoms with van der Waals surface area (Å²) < 4.78 is 45.3. The van der Waals surface area contributed by atoms with Gasteiger partial charge in [-0.05, 0) is 6.42 Å². The molecule has 16 N–H and O–H groups in total. The molecule has 4 rings (SSSR count). The number of hydrogen-bond acceptors (Lipinski definition) is 24. The fourth-order valence-electron chi connectivity index (χ4n) is 6.48. The van der Waals surface area contributed by atoms with Gasteiger partial charge in [0.25, 0.3) is 0 Å². The fourth-order valence-corrected chi connectivity index (χ4v) is 6.48. The first-order chi connectivity index (χ1) is 25.5. The van der Waals surface area contributed by atoms with Crippen molar-refractivity contribution in [1.82, 2.24) is 0 Å². The summed E-state index contributed by atoms with van der Waals surface area (Å²) in [6.07, 6.45) is -42.6. The van der Waals surface area contributed by atoms with Crippen LogP contribution in [0.1, 0.15) is 13.3 Å². The minimum Gasteiger partial charge on any atom is -0.394 e. The highest BCUT2D eigenvalue weighted by Crippen LogP contribution is 2.36. The van der Waals surface area contributed by atoms with Crippen molar-refractivity contribution in [2.24, 2.45) is 0 Å². The number of hydrogen-bond donors (Lipinski definition) is 16. The minimum absolute atomic E-state index is 0.0199. The fraction of sp³-hybridized carbons (Fsp3) is 1.00. The van der Waals surface area contributed by atoms with Gasteiger partial charge in [0.15, 0.2) is 25.2 Å². The Morgan fingerprint density at radius 2 is 0.870 bits per heavy atom. The Bertz CT molecular complexity index is 1110. The predicted molar refractivity (Wildman–Crippen MR) is 166 cm³/mol. The SMILES string of the molecule is CCC(O)C(O)C(O)COC1C(CO)OC(O)C(OC2OC(CO)C(O)C(O)C2O)C1OC1OC(CO)C(O)C(O)C1OC1OC(CO)C(O)C(O)C1O. The lowest BCUT2D eigenvalue weighted by atomic mass is 9.95. The second-order valence-electron chi connectivity index (χ2n) is 13.5. The van der Waals surface area contributed by atoms with E-state index in [1.165, 1.54) is 6.92 Å². The molecule has 0 radical (unpaired) electrons. The number of aliphatic hydroxyl groups excluding tert-OH is 16. The van der Waals surface area contributed by atoms with Crippen LogP contribution in [0.2, 0.25) is 0 Å². The van der Waals surface area contributed by atoms with E-state index < -0.39 is 174 Å². The van der Waals surface area contributed by atoms with Crippen LogP contribution in [0.5, 0.6) is 0 Å². The zero-order valence-corrected chi connectivity index (χ0v) is 28.9. The summed E-state index contributed by atoms with van der Waals surface area (Å²) in [4.78, 5) is 0. The summed E-state index contributed by atoms with van der Waals surface area (Å²) in [6, 6.07) is 0. The van der Waals surface area contributed by atoms with Crippen LogP contribution in [-0.4, -0.2) is 256 Å². The zero-order chi connectivity index (χ0) is 40.2. The lowest BCUT2D eigenvalue weighted by Crippen LogP contribution is -2.68. The number of ether oxygens (including phenoxy) is 8. The molecule has 4 heterocycles. The Balaban J connectivity index is 1.72. The summed E-state index contributed by atoms with van der Waals surface area (Å²) >= 11 is 0. The van der Waals surface area contributed by atoms with E-state index in [9.17, 15) is 81.7 Å². The van der Waals surface area contributed by atoms with Gasteiger partial charge in [-0.3, -0.25) is 0 Å². The second kappa shape index (κ2) is 20.1. The smallest absolute Gasteiger partial charge is 0.187 e. The molecule has 4 aliphatic heterocycles. The monoisotopic (exact) mass is 798 g/mol. The van der Waals surface area contributed by atoms with Crippen LogP contribution < -0.4 is 0 Å². The molecule has 24 heteroatoms. The van der Waals surface area contributed by atoms with E-state index in [1.54, 1.807) is 0 Å². The van der Waals surface area contributed by atoms with Gasteiger partial charge in [0, 0.05) is 0 Å². The van der Waals surface area contributed by atoms with Crippen LogP contribution in [0.3, 0.4) is 0 Å². The van der Waals surface area contributed by atoms with Gasteiger partial charge >= 0.3 is 0 Å². The van der Waals surface area contributed by atoms with Gasteiger partial charge in [0.2, 0.25) is 0 Å². The molecule has 0 aromatic carbocycles. The molecule has 23 atom stereocenters. The summed E-state index contributed by atoms with van der Waals surface area (Å²) in [6.45, 7) is -2.95. The Morgan fingerprint density at radius 1 is 0.444 bits per heavy atom. The normalized spacial score (nSPS) is 47.9. The van der Waals surface area contributed by atoms with Gasteiger partial charge < -0.3 is 120 Å². The highest BCUT2D eigenvalue weighted by Gasteiger charge is 2.56. The number of rotatable bonds is 16. The van der Waals surface area contributed by atoms with Crippen molar-refractivity contribution in [3.8, 4) is 0 Å². The quantitative estimate of drug-likeness (QED) is 0.0689. The summed E-state index contributed by atoms with van der Waals surface area (Å²) in [5.41, 5.74) is 0.